The highest BCUT2D eigenvalue weighted by atomic mass is 15.2. The quantitative estimate of drug-likeness (QED) is 0.571. The maximum Gasteiger partial charge on any atom is 0.191 e. The second-order valence-corrected chi connectivity index (χ2v) is 5.90. The van der Waals surface area contributed by atoms with Gasteiger partial charge < -0.3 is 15.5 Å². The smallest absolute Gasteiger partial charge is 0.191 e. The van der Waals surface area contributed by atoms with E-state index in [1.807, 2.05) is 0 Å². The molecule has 0 aromatic rings. The molecule has 0 radical (unpaired) electrons. The summed E-state index contributed by atoms with van der Waals surface area (Å²) in [5.41, 5.74) is 0. The van der Waals surface area contributed by atoms with Gasteiger partial charge in [-0.2, -0.15) is 0 Å². The van der Waals surface area contributed by atoms with Crippen LogP contribution in [0.2, 0.25) is 0 Å². The van der Waals surface area contributed by atoms with Gasteiger partial charge in [0.05, 0.1) is 0 Å². The molecule has 1 unspecified atom stereocenters. The van der Waals surface area contributed by atoms with Crippen LogP contribution >= 0.6 is 0 Å². The average Bonchev–Trinajstić information content (AvgIpc) is 2.42. The fourth-order valence-corrected chi connectivity index (χ4v) is 2.46. The van der Waals surface area contributed by atoms with E-state index in [1.54, 1.807) is 0 Å². The van der Waals surface area contributed by atoms with Crippen molar-refractivity contribution in [1.29, 1.82) is 0 Å². The van der Waals surface area contributed by atoms with Crippen molar-refractivity contribution in [1.82, 2.24) is 15.5 Å². The van der Waals surface area contributed by atoms with Crippen LogP contribution in [-0.4, -0.2) is 50.1 Å². The highest BCUT2D eigenvalue weighted by Crippen LogP contribution is 2.14. The zero-order chi connectivity index (χ0) is 14.1. The molecule has 0 amide bonds. The molecule has 0 saturated carbocycles. The molecule has 1 aliphatic heterocycles. The van der Waals surface area contributed by atoms with Gasteiger partial charge in [0.15, 0.2) is 5.96 Å². The molecule has 1 aliphatic rings. The molecule has 0 spiro atoms. The average molecular weight is 268 g/mol. The van der Waals surface area contributed by atoms with Gasteiger partial charge in [0.25, 0.3) is 0 Å². The van der Waals surface area contributed by atoms with E-state index in [9.17, 15) is 0 Å². The monoisotopic (exact) mass is 268 g/mol. The fourth-order valence-electron chi connectivity index (χ4n) is 2.46. The number of piperidine rings is 1. The second-order valence-electron chi connectivity index (χ2n) is 5.90. The Hall–Kier alpha value is -0.770. The predicted octanol–water partition coefficient (Wildman–Crippen LogP) is 1.93. The first-order valence-electron chi connectivity index (χ1n) is 7.90. The van der Waals surface area contributed by atoms with Crippen LogP contribution in [0.5, 0.6) is 0 Å². The first-order valence-corrected chi connectivity index (χ1v) is 7.90. The Labute approximate surface area is 119 Å². The zero-order valence-corrected chi connectivity index (χ0v) is 13.2. The SMILES string of the molecule is CCNC(=NCC(C)C)NCC1CCCN(CC)C1. The molecule has 2 N–H and O–H groups in total. The molecule has 4 heteroatoms. The van der Waals surface area contributed by atoms with Crippen LogP contribution in [0, 0.1) is 11.8 Å². The van der Waals surface area contributed by atoms with Crippen LogP contribution in [0.3, 0.4) is 0 Å². The molecule has 1 fully saturated rings. The maximum atomic E-state index is 4.62. The van der Waals surface area contributed by atoms with E-state index in [2.05, 4.69) is 48.2 Å². The summed E-state index contributed by atoms with van der Waals surface area (Å²) in [5.74, 6) is 2.35. The van der Waals surface area contributed by atoms with Crippen molar-refractivity contribution in [3.8, 4) is 0 Å². The first-order chi connectivity index (χ1) is 9.15. The molecule has 0 aromatic carbocycles. The summed E-state index contributed by atoms with van der Waals surface area (Å²) in [6, 6.07) is 0. The summed E-state index contributed by atoms with van der Waals surface area (Å²) in [6.07, 6.45) is 2.67. The van der Waals surface area contributed by atoms with Crippen molar-refractivity contribution in [2.75, 3.05) is 39.3 Å². The van der Waals surface area contributed by atoms with Crippen LogP contribution in [0.25, 0.3) is 0 Å². The third-order valence-electron chi connectivity index (χ3n) is 3.57. The molecule has 4 nitrogen and oxygen atoms in total. The van der Waals surface area contributed by atoms with Gasteiger partial charge >= 0.3 is 0 Å². The van der Waals surface area contributed by atoms with E-state index in [0.717, 1.165) is 31.5 Å². The molecule has 19 heavy (non-hydrogen) atoms. The number of guanidine groups is 1. The topological polar surface area (TPSA) is 39.7 Å². The van der Waals surface area contributed by atoms with Gasteiger partial charge in [-0.15, -0.1) is 0 Å². The van der Waals surface area contributed by atoms with Gasteiger partial charge in [-0.3, -0.25) is 4.99 Å². The van der Waals surface area contributed by atoms with Crippen molar-refractivity contribution in [2.24, 2.45) is 16.8 Å². The molecule has 0 aromatic heterocycles. The van der Waals surface area contributed by atoms with Crippen molar-refractivity contribution in [2.45, 2.75) is 40.5 Å². The van der Waals surface area contributed by atoms with Crippen molar-refractivity contribution in [3.63, 3.8) is 0 Å². The Balaban J connectivity index is 2.36. The zero-order valence-electron chi connectivity index (χ0n) is 13.2. The number of rotatable bonds is 6. The van der Waals surface area contributed by atoms with Crippen molar-refractivity contribution >= 4 is 5.96 Å². The van der Waals surface area contributed by atoms with E-state index >= 15 is 0 Å². The Morgan fingerprint density at radius 1 is 1.32 bits per heavy atom. The maximum absolute atomic E-state index is 4.62. The summed E-state index contributed by atoms with van der Waals surface area (Å²) in [6.45, 7) is 15.3. The largest absolute Gasteiger partial charge is 0.357 e. The van der Waals surface area contributed by atoms with Crippen LogP contribution < -0.4 is 10.6 Å². The highest BCUT2D eigenvalue weighted by molar-refractivity contribution is 5.79. The van der Waals surface area contributed by atoms with Gasteiger partial charge in [0.1, 0.15) is 0 Å². The minimum Gasteiger partial charge on any atom is -0.357 e. The lowest BCUT2D eigenvalue weighted by molar-refractivity contribution is 0.183. The predicted molar refractivity (Wildman–Crippen MR) is 83.7 cm³/mol. The van der Waals surface area contributed by atoms with Gasteiger partial charge in [-0.1, -0.05) is 20.8 Å². The Morgan fingerprint density at radius 3 is 2.74 bits per heavy atom. The minimum atomic E-state index is 0.612. The molecule has 1 saturated heterocycles. The van der Waals surface area contributed by atoms with Crippen LogP contribution in [-0.2, 0) is 0 Å². The number of hydrogen-bond donors (Lipinski definition) is 2. The number of likely N-dealkylation sites (tertiary alicyclic amines) is 1. The van der Waals surface area contributed by atoms with E-state index in [0.29, 0.717) is 5.92 Å². The molecule has 112 valence electrons. The first kappa shape index (κ1) is 16.3. The lowest BCUT2D eigenvalue weighted by Gasteiger charge is -2.32. The molecule has 0 aliphatic carbocycles. The molecular weight excluding hydrogens is 236 g/mol. The fraction of sp³-hybridized carbons (Fsp3) is 0.933. The number of nitrogens with one attached hydrogen (secondary N) is 2. The third-order valence-corrected chi connectivity index (χ3v) is 3.57. The number of hydrogen-bond acceptors (Lipinski definition) is 2. The lowest BCUT2D eigenvalue weighted by atomic mass is 9.98. The van der Waals surface area contributed by atoms with Gasteiger partial charge in [0.2, 0.25) is 0 Å². The van der Waals surface area contributed by atoms with E-state index in [4.69, 9.17) is 0 Å². The van der Waals surface area contributed by atoms with E-state index in [-0.39, 0.29) is 0 Å². The summed E-state index contributed by atoms with van der Waals surface area (Å²) in [4.78, 5) is 7.17. The van der Waals surface area contributed by atoms with Crippen LogP contribution in [0.1, 0.15) is 40.5 Å². The summed E-state index contributed by atoms with van der Waals surface area (Å²) >= 11 is 0. The lowest BCUT2D eigenvalue weighted by Crippen LogP contribution is -2.44. The van der Waals surface area contributed by atoms with Crippen molar-refractivity contribution in [3.05, 3.63) is 0 Å². The van der Waals surface area contributed by atoms with Gasteiger partial charge in [-0.25, -0.2) is 0 Å². The highest BCUT2D eigenvalue weighted by Gasteiger charge is 2.18. The Kier molecular flexibility index (Phi) is 7.87. The molecule has 1 heterocycles. The minimum absolute atomic E-state index is 0.612. The summed E-state index contributed by atoms with van der Waals surface area (Å²) in [7, 11) is 0. The van der Waals surface area contributed by atoms with Gasteiger partial charge in [0, 0.05) is 26.2 Å². The second kappa shape index (κ2) is 9.18. The number of aliphatic imine (C=N–C) groups is 1. The summed E-state index contributed by atoms with van der Waals surface area (Å²) < 4.78 is 0. The standard InChI is InChI=1S/C15H32N4/c1-5-16-15(17-10-13(3)4)18-11-14-8-7-9-19(6-2)12-14/h13-14H,5-12H2,1-4H3,(H2,16,17,18). The van der Waals surface area contributed by atoms with Crippen LogP contribution in [0.4, 0.5) is 0 Å². The Morgan fingerprint density at radius 2 is 2.11 bits per heavy atom. The van der Waals surface area contributed by atoms with Gasteiger partial charge in [-0.05, 0) is 44.7 Å². The number of nitrogens with zero attached hydrogens (tertiary/aromatic N) is 2. The molecule has 1 rings (SSSR count). The van der Waals surface area contributed by atoms with Crippen molar-refractivity contribution < 1.29 is 0 Å². The molecule has 0 bridgehead atoms. The molecule has 1 atom stereocenters. The normalized spacial score (nSPS) is 21.7. The van der Waals surface area contributed by atoms with E-state index < -0.39 is 0 Å². The Bertz CT molecular complexity index is 263. The summed E-state index contributed by atoms with van der Waals surface area (Å²) in [5, 5.41) is 6.83. The van der Waals surface area contributed by atoms with Crippen LogP contribution in [0.15, 0.2) is 4.99 Å². The van der Waals surface area contributed by atoms with E-state index in [1.165, 1.54) is 32.5 Å². The molecular formula is C15H32N4. The third kappa shape index (κ3) is 6.81.